The molecule has 0 fully saturated rings. The normalized spacial score (nSPS) is 15.6. The number of hydrogen-bond acceptors (Lipinski definition) is 4. The van der Waals surface area contributed by atoms with Gasteiger partial charge in [-0.15, -0.1) is 0 Å². The summed E-state index contributed by atoms with van der Waals surface area (Å²) in [5.74, 6) is -4.14. The number of carbonyl (C=O) groups is 1. The zero-order valence-corrected chi connectivity index (χ0v) is 10.4. The highest BCUT2D eigenvalue weighted by Gasteiger charge is 2.41. The van der Waals surface area contributed by atoms with Gasteiger partial charge in [0, 0.05) is 12.6 Å². The van der Waals surface area contributed by atoms with E-state index in [1.807, 2.05) is 0 Å². The molecular formula is C12H12F4N2O2. The fourth-order valence-electron chi connectivity index (χ4n) is 1.84. The van der Waals surface area contributed by atoms with Crippen LogP contribution in [-0.4, -0.2) is 34.7 Å². The van der Waals surface area contributed by atoms with E-state index in [9.17, 15) is 22.4 Å². The van der Waals surface area contributed by atoms with Crippen LogP contribution in [0.25, 0.3) is 0 Å². The van der Waals surface area contributed by atoms with E-state index < -0.39 is 25.6 Å². The summed E-state index contributed by atoms with van der Waals surface area (Å²) in [4.78, 5) is 19.4. The van der Waals surface area contributed by atoms with E-state index >= 15 is 0 Å². The first-order valence-corrected chi connectivity index (χ1v) is 6.02. The molecule has 1 aliphatic carbocycles. The van der Waals surface area contributed by atoms with Crippen LogP contribution in [-0.2, 0) is 17.8 Å². The van der Waals surface area contributed by atoms with Crippen molar-refractivity contribution < 1.29 is 27.1 Å². The number of rotatable bonds is 5. The lowest BCUT2D eigenvalue weighted by Crippen LogP contribution is -2.32. The van der Waals surface area contributed by atoms with Crippen LogP contribution in [0.3, 0.4) is 0 Å². The second-order valence-electron chi connectivity index (χ2n) is 4.48. The maximum Gasteiger partial charge on any atom is 0.330 e. The molecule has 1 heterocycles. The number of aromatic nitrogens is 2. The van der Waals surface area contributed by atoms with Crippen molar-refractivity contribution in [2.75, 3.05) is 6.61 Å². The number of Topliss-reactive ketones (excluding diaryl/α,β-unsaturated/α-hetero) is 1. The van der Waals surface area contributed by atoms with Crippen LogP contribution in [0.1, 0.15) is 34.7 Å². The smallest absolute Gasteiger partial charge is 0.330 e. The molecule has 1 aromatic rings. The number of nitrogens with zero attached hydrogens (tertiary/aromatic N) is 2. The minimum atomic E-state index is -4.19. The topological polar surface area (TPSA) is 52.1 Å². The van der Waals surface area contributed by atoms with Gasteiger partial charge in [-0.3, -0.25) is 4.79 Å². The van der Waals surface area contributed by atoms with Crippen molar-refractivity contribution in [3.05, 3.63) is 23.3 Å². The van der Waals surface area contributed by atoms with Crippen molar-refractivity contribution >= 4 is 5.78 Å². The van der Waals surface area contributed by atoms with Gasteiger partial charge in [-0.25, -0.2) is 18.7 Å². The maximum atomic E-state index is 12.6. The zero-order valence-electron chi connectivity index (χ0n) is 10.4. The number of ether oxygens (including phenoxy) is 1. The van der Waals surface area contributed by atoms with E-state index in [0.717, 1.165) is 0 Å². The Hall–Kier alpha value is -1.57. The Morgan fingerprint density at radius 2 is 2.10 bits per heavy atom. The highest BCUT2D eigenvalue weighted by atomic mass is 19.3. The second-order valence-corrected chi connectivity index (χ2v) is 4.48. The molecule has 0 unspecified atom stereocenters. The molecule has 0 aromatic carbocycles. The average Bonchev–Trinajstić information content (AvgIpc) is 2.38. The van der Waals surface area contributed by atoms with Gasteiger partial charge >= 0.3 is 12.3 Å². The number of alkyl halides is 4. The van der Waals surface area contributed by atoms with E-state index in [2.05, 4.69) is 14.7 Å². The number of aryl methyl sites for hydroxylation is 1. The number of carbonyl (C=O) groups excluding carboxylic acids is 1. The largest absolute Gasteiger partial charge is 0.367 e. The summed E-state index contributed by atoms with van der Waals surface area (Å²) >= 11 is 0. The Labute approximate surface area is 112 Å². The minimum Gasteiger partial charge on any atom is -0.367 e. The summed E-state index contributed by atoms with van der Waals surface area (Å²) in [6, 6.07) is 0. The highest BCUT2D eigenvalue weighted by Crippen LogP contribution is 2.23. The van der Waals surface area contributed by atoms with E-state index in [4.69, 9.17) is 0 Å². The van der Waals surface area contributed by atoms with Crippen molar-refractivity contribution in [3.8, 4) is 0 Å². The van der Waals surface area contributed by atoms with Gasteiger partial charge in [0.1, 0.15) is 13.2 Å². The number of fused-ring (bicyclic) bond motifs is 1. The van der Waals surface area contributed by atoms with Crippen molar-refractivity contribution in [1.82, 2.24) is 9.97 Å². The van der Waals surface area contributed by atoms with Crippen LogP contribution in [0.2, 0.25) is 0 Å². The van der Waals surface area contributed by atoms with E-state index in [1.165, 1.54) is 6.20 Å². The summed E-state index contributed by atoms with van der Waals surface area (Å²) < 4.78 is 53.6. The lowest BCUT2D eigenvalue weighted by molar-refractivity contribution is -0.168. The van der Waals surface area contributed by atoms with Gasteiger partial charge in [-0.05, 0) is 12.8 Å². The lowest BCUT2D eigenvalue weighted by atomic mass is 9.96. The van der Waals surface area contributed by atoms with Gasteiger partial charge in [0.2, 0.25) is 0 Å². The Bertz CT molecular complexity index is 508. The average molecular weight is 292 g/mol. The van der Waals surface area contributed by atoms with Crippen LogP contribution < -0.4 is 0 Å². The van der Waals surface area contributed by atoms with Gasteiger partial charge in [0.25, 0.3) is 0 Å². The quantitative estimate of drug-likeness (QED) is 0.782. The molecule has 0 radical (unpaired) electrons. The molecule has 0 aliphatic heterocycles. The molecule has 0 spiro atoms. The van der Waals surface area contributed by atoms with Gasteiger partial charge in [-0.2, -0.15) is 8.78 Å². The molecule has 0 amide bonds. The van der Waals surface area contributed by atoms with Crippen LogP contribution in [0.5, 0.6) is 0 Å². The van der Waals surface area contributed by atoms with Crippen LogP contribution in [0, 0.1) is 0 Å². The SMILES string of the molecule is O=C1CCCc2nc(COCC(F)(F)C(F)F)ncc21. The Balaban J connectivity index is 1.96. The molecule has 0 atom stereocenters. The maximum absolute atomic E-state index is 12.6. The number of hydrogen-bond donors (Lipinski definition) is 0. The fourth-order valence-corrected chi connectivity index (χ4v) is 1.84. The van der Waals surface area contributed by atoms with Crippen LogP contribution in [0.15, 0.2) is 6.20 Å². The zero-order chi connectivity index (χ0) is 14.8. The molecule has 8 heteroatoms. The Morgan fingerprint density at radius 3 is 2.80 bits per heavy atom. The molecule has 0 saturated carbocycles. The standard InChI is InChI=1S/C12H12F4N2O2/c13-11(14)12(15,16)6-20-5-10-17-4-7-8(18-10)2-1-3-9(7)19/h4,11H,1-3,5-6H2. The summed E-state index contributed by atoms with van der Waals surface area (Å²) in [6.07, 6.45) is -0.735. The Kier molecular flexibility index (Phi) is 4.32. The third kappa shape index (κ3) is 3.30. The highest BCUT2D eigenvalue weighted by molar-refractivity contribution is 5.97. The van der Waals surface area contributed by atoms with Gasteiger partial charge < -0.3 is 4.74 Å². The van der Waals surface area contributed by atoms with Gasteiger partial charge in [-0.1, -0.05) is 0 Å². The minimum absolute atomic E-state index is 0.0528. The molecule has 1 aromatic heterocycles. The lowest BCUT2D eigenvalue weighted by Gasteiger charge is -2.16. The molecule has 20 heavy (non-hydrogen) atoms. The van der Waals surface area contributed by atoms with Crippen LogP contribution in [0.4, 0.5) is 17.6 Å². The predicted molar refractivity (Wildman–Crippen MR) is 59.9 cm³/mol. The van der Waals surface area contributed by atoms with Crippen molar-refractivity contribution in [2.24, 2.45) is 0 Å². The van der Waals surface area contributed by atoms with Crippen molar-refractivity contribution in [2.45, 2.75) is 38.2 Å². The number of halogens is 4. The summed E-state index contributed by atoms with van der Waals surface area (Å²) in [5.41, 5.74) is 0.980. The molecule has 0 N–H and O–H groups in total. The monoisotopic (exact) mass is 292 g/mol. The second kappa shape index (κ2) is 5.82. The first kappa shape index (κ1) is 14.8. The predicted octanol–water partition coefficient (Wildman–Crippen LogP) is 2.41. The fraction of sp³-hybridized carbons (Fsp3) is 0.583. The van der Waals surface area contributed by atoms with Gasteiger partial charge in [0.15, 0.2) is 11.6 Å². The summed E-state index contributed by atoms with van der Waals surface area (Å²) in [7, 11) is 0. The molecule has 0 bridgehead atoms. The Morgan fingerprint density at radius 1 is 1.35 bits per heavy atom. The van der Waals surface area contributed by atoms with E-state index in [1.54, 1.807) is 0 Å². The van der Waals surface area contributed by atoms with Crippen molar-refractivity contribution in [1.29, 1.82) is 0 Å². The third-order valence-corrected chi connectivity index (χ3v) is 2.88. The molecular weight excluding hydrogens is 280 g/mol. The summed E-state index contributed by atoms with van der Waals surface area (Å²) in [6.45, 7) is -1.80. The molecule has 4 nitrogen and oxygen atoms in total. The van der Waals surface area contributed by atoms with Crippen LogP contribution >= 0.6 is 0 Å². The van der Waals surface area contributed by atoms with E-state index in [0.29, 0.717) is 30.5 Å². The molecule has 2 rings (SSSR count). The molecule has 110 valence electrons. The number of ketones is 1. The molecule has 0 saturated heterocycles. The first-order valence-electron chi connectivity index (χ1n) is 6.02. The molecule has 1 aliphatic rings. The third-order valence-electron chi connectivity index (χ3n) is 2.88. The van der Waals surface area contributed by atoms with E-state index in [-0.39, 0.29) is 11.6 Å². The summed E-state index contributed by atoms with van der Waals surface area (Å²) in [5, 5.41) is 0. The van der Waals surface area contributed by atoms with Crippen molar-refractivity contribution in [3.63, 3.8) is 0 Å². The first-order chi connectivity index (χ1) is 9.40. The van der Waals surface area contributed by atoms with Gasteiger partial charge in [0.05, 0.1) is 11.3 Å².